The molecule has 0 aromatic heterocycles. The number of aliphatic carboxylic acids is 1. The summed E-state index contributed by atoms with van der Waals surface area (Å²) in [5, 5.41) is 8.97. The van der Waals surface area contributed by atoms with Crippen LogP contribution in [0.3, 0.4) is 0 Å². The van der Waals surface area contributed by atoms with Crippen molar-refractivity contribution in [1.29, 1.82) is 0 Å². The van der Waals surface area contributed by atoms with Gasteiger partial charge in [-0.05, 0) is 48.1 Å². The fraction of sp³-hybridized carbons (Fsp3) is 0.562. The first-order valence-corrected chi connectivity index (χ1v) is 6.77. The monoisotopic (exact) mass is 246 g/mol. The van der Waals surface area contributed by atoms with E-state index < -0.39 is 5.97 Å². The first-order chi connectivity index (χ1) is 8.48. The minimum atomic E-state index is -0.691. The minimum absolute atomic E-state index is 0.124. The van der Waals surface area contributed by atoms with Crippen LogP contribution in [0.25, 0.3) is 0 Å². The van der Waals surface area contributed by atoms with E-state index in [1.54, 1.807) is 0 Å². The molecule has 0 aliphatic heterocycles. The first kappa shape index (κ1) is 13.1. The van der Waals surface area contributed by atoms with E-state index in [2.05, 4.69) is 38.1 Å². The largest absolute Gasteiger partial charge is 0.481 e. The molecule has 2 heteroatoms. The summed E-state index contributed by atoms with van der Waals surface area (Å²) in [7, 11) is 0. The van der Waals surface area contributed by atoms with Gasteiger partial charge in [-0.2, -0.15) is 0 Å². The van der Waals surface area contributed by atoms with Crippen molar-refractivity contribution >= 4 is 5.97 Å². The molecular weight excluding hydrogens is 224 g/mol. The Balaban J connectivity index is 2.14. The molecule has 1 aliphatic rings. The van der Waals surface area contributed by atoms with E-state index in [1.165, 1.54) is 30.4 Å². The van der Waals surface area contributed by atoms with E-state index in [-0.39, 0.29) is 11.8 Å². The maximum atomic E-state index is 10.9. The third kappa shape index (κ3) is 3.12. The summed E-state index contributed by atoms with van der Waals surface area (Å²) in [4.78, 5) is 10.9. The molecule has 0 radical (unpaired) electrons. The van der Waals surface area contributed by atoms with Gasteiger partial charge in [0.15, 0.2) is 0 Å². The van der Waals surface area contributed by atoms with Crippen LogP contribution in [0, 0.1) is 5.41 Å². The van der Waals surface area contributed by atoms with E-state index >= 15 is 0 Å². The van der Waals surface area contributed by atoms with Crippen LogP contribution in [-0.2, 0) is 11.2 Å². The van der Waals surface area contributed by atoms with Crippen molar-refractivity contribution in [3.05, 3.63) is 35.4 Å². The van der Waals surface area contributed by atoms with Crippen LogP contribution < -0.4 is 0 Å². The normalized spacial score (nSPS) is 19.3. The Morgan fingerprint density at radius 3 is 2.83 bits per heavy atom. The van der Waals surface area contributed by atoms with E-state index in [4.69, 9.17) is 5.11 Å². The summed E-state index contributed by atoms with van der Waals surface area (Å²) in [6.45, 7) is 4.14. The number of fused-ring (bicyclic) bond motifs is 1. The van der Waals surface area contributed by atoms with Gasteiger partial charge in [0.1, 0.15) is 0 Å². The van der Waals surface area contributed by atoms with Gasteiger partial charge in [-0.3, -0.25) is 4.79 Å². The number of rotatable bonds is 4. The molecule has 0 saturated heterocycles. The number of hydrogen-bond donors (Lipinski definition) is 1. The van der Waals surface area contributed by atoms with E-state index in [9.17, 15) is 4.79 Å². The highest BCUT2D eigenvalue weighted by atomic mass is 16.4. The van der Waals surface area contributed by atoms with E-state index in [0.717, 1.165) is 6.42 Å². The van der Waals surface area contributed by atoms with Crippen molar-refractivity contribution in [2.24, 2.45) is 5.41 Å². The smallest absolute Gasteiger partial charge is 0.303 e. The van der Waals surface area contributed by atoms with Gasteiger partial charge < -0.3 is 5.11 Å². The highest BCUT2D eigenvalue weighted by Crippen LogP contribution is 2.40. The average Bonchev–Trinajstić information content (AvgIpc) is 2.27. The van der Waals surface area contributed by atoms with Crippen molar-refractivity contribution in [3.63, 3.8) is 0 Å². The molecule has 0 saturated carbocycles. The number of carboxylic acids is 1. The molecule has 1 aliphatic carbocycles. The molecule has 0 bridgehead atoms. The predicted molar refractivity (Wildman–Crippen MR) is 72.8 cm³/mol. The number of carboxylic acid groups (broad SMARTS) is 1. The molecule has 98 valence electrons. The number of carbonyl (C=O) groups is 1. The Hall–Kier alpha value is -1.31. The lowest BCUT2D eigenvalue weighted by Crippen LogP contribution is -2.22. The number of aryl methyl sites for hydroxylation is 1. The quantitative estimate of drug-likeness (QED) is 0.872. The molecular formula is C16H22O2. The van der Waals surface area contributed by atoms with Gasteiger partial charge in [-0.25, -0.2) is 0 Å². The fourth-order valence-electron chi connectivity index (χ4n) is 3.22. The number of hydrogen-bond acceptors (Lipinski definition) is 1. The van der Waals surface area contributed by atoms with Gasteiger partial charge in [-0.15, -0.1) is 0 Å². The molecule has 1 N–H and O–H groups in total. The molecule has 0 spiro atoms. The van der Waals surface area contributed by atoms with E-state index in [1.807, 2.05) is 0 Å². The summed E-state index contributed by atoms with van der Waals surface area (Å²) >= 11 is 0. The van der Waals surface area contributed by atoms with Crippen LogP contribution in [0.4, 0.5) is 0 Å². The molecule has 1 unspecified atom stereocenters. The maximum Gasteiger partial charge on any atom is 0.303 e. The van der Waals surface area contributed by atoms with Gasteiger partial charge in [-0.1, -0.05) is 38.1 Å². The van der Waals surface area contributed by atoms with Crippen molar-refractivity contribution < 1.29 is 9.90 Å². The second-order valence-electron chi connectivity index (χ2n) is 6.23. The minimum Gasteiger partial charge on any atom is -0.481 e. The molecule has 1 aromatic carbocycles. The third-order valence-electron chi connectivity index (χ3n) is 3.92. The van der Waals surface area contributed by atoms with Crippen molar-refractivity contribution in [1.82, 2.24) is 0 Å². The lowest BCUT2D eigenvalue weighted by Gasteiger charge is -2.32. The maximum absolute atomic E-state index is 10.9. The molecule has 1 atom stereocenters. The molecule has 0 heterocycles. The van der Waals surface area contributed by atoms with E-state index in [0.29, 0.717) is 5.92 Å². The van der Waals surface area contributed by atoms with Crippen LogP contribution in [0.2, 0.25) is 0 Å². The van der Waals surface area contributed by atoms with Gasteiger partial charge in [0.05, 0.1) is 6.42 Å². The zero-order valence-electron chi connectivity index (χ0n) is 11.3. The summed E-state index contributed by atoms with van der Waals surface area (Å²) in [5.41, 5.74) is 2.78. The van der Waals surface area contributed by atoms with Gasteiger partial charge in [0.25, 0.3) is 0 Å². The Kier molecular flexibility index (Phi) is 3.74. The Bertz CT molecular complexity index is 434. The van der Waals surface area contributed by atoms with Crippen molar-refractivity contribution in [3.8, 4) is 0 Å². The van der Waals surface area contributed by atoms with Gasteiger partial charge in [0.2, 0.25) is 0 Å². The summed E-state index contributed by atoms with van der Waals surface area (Å²) in [5.74, 6) is -0.159. The van der Waals surface area contributed by atoms with Crippen LogP contribution >= 0.6 is 0 Å². The fourth-order valence-corrected chi connectivity index (χ4v) is 3.22. The second kappa shape index (κ2) is 5.13. The van der Waals surface area contributed by atoms with Crippen LogP contribution in [0.15, 0.2) is 24.3 Å². The summed E-state index contributed by atoms with van der Waals surface area (Å²) in [6.07, 6.45) is 4.82. The Morgan fingerprint density at radius 2 is 2.11 bits per heavy atom. The topological polar surface area (TPSA) is 37.3 Å². The lowest BCUT2D eigenvalue weighted by atomic mass is 9.72. The van der Waals surface area contributed by atoms with Crippen LogP contribution in [0.1, 0.15) is 56.6 Å². The molecule has 2 nitrogen and oxygen atoms in total. The first-order valence-electron chi connectivity index (χ1n) is 6.77. The highest BCUT2D eigenvalue weighted by Gasteiger charge is 2.29. The Morgan fingerprint density at radius 1 is 1.39 bits per heavy atom. The van der Waals surface area contributed by atoms with Gasteiger partial charge >= 0.3 is 5.97 Å². The predicted octanol–water partition coefficient (Wildman–Crippen LogP) is 4.00. The van der Waals surface area contributed by atoms with Crippen LogP contribution in [-0.4, -0.2) is 11.1 Å². The molecule has 0 fully saturated rings. The standard InChI is InChI=1S/C16H22O2/c1-16(2,11-15(17)18)10-13-8-5-7-12-6-3-4-9-14(12)13/h3-4,6,9,13H,5,7-8,10-11H2,1-2H3,(H,17,18). The van der Waals surface area contributed by atoms with Crippen LogP contribution in [0.5, 0.6) is 0 Å². The average molecular weight is 246 g/mol. The zero-order chi connectivity index (χ0) is 13.2. The molecule has 2 rings (SSSR count). The highest BCUT2D eigenvalue weighted by molar-refractivity contribution is 5.67. The van der Waals surface area contributed by atoms with Crippen molar-refractivity contribution in [2.75, 3.05) is 0 Å². The summed E-state index contributed by atoms with van der Waals surface area (Å²) in [6, 6.07) is 8.63. The SMILES string of the molecule is CC(C)(CC(=O)O)CC1CCCc2ccccc21. The zero-order valence-corrected chi connectivity index (χ0v) is 11.3. The van der Waals surface area contributed by atoms with Crippen molar-refractivity contribution in [2.45, 2.75) is 51.9 Å². The molecule has 0 amide bonds. The Labute approximate surface area is 109 Å². The second-order valence-corrected chi connectivity index (χ2v) is 6.23. The third-order valence-corrected chi connectivity index (χ3v) is 3.92. The summed E-state index contributed by atoms with van der Waals surface area (Å²) < 4.78 is 0. The lowest BCUT2D eigenvalue weighted by molar-refractivity contribution is -0.139. The number of benzene rings is 1. The van der Waals surface area contributed by atoms with Gasteiger partial charge in [0, 0.05) is 0 Å². The molecule has 18 heavy (non-hydrogen) atoms. The molecule has 1 aromatic rings.